The minimum atomic E-state index is -2.23. The van der Waals surface area contributed by atoms with Gasteiger partial charge in [0.2, 0.25) is 0 Å². The molecule has 0 rings (SSSR count). The summed E-state index contributed by atoms with van der Waals surface area (Å²) in [5.74, 6) is -1.71. The van der Waals surface area contributed by atoms with Gasteiger partial charge in [0.25, 0.3) is 0 Å². The first-order valence-electron chi connectivity index (χ1n) is 6.67. The molecule has 0 radical (unpaired) electrons. The van der Waals surface area contributed by atoms with Crippen molar-refractivity contribution in [3.05, 3.63) is 23.1 Å². The number of allylic oxidation sites excluding steroid dienone is 1. The second kappa shape index (κ2) is 10.5. The molecule has 0 amide bonds. The van der Waals surface area contributed by atoms with E-state index in [4.69, 9.17) is 4.55 Å². The fourth-order valence-corrected chi connectivity index (χ4v) is 1.89. The number of ether oxygens (including phenoxy) is 1. The summed E-state index contributed by atoms with van der Waals surface area (Å²) in [4.78, 5) is 23.1. The number of carbonyl (C=O) groups is 2. The standard InChI is InChI=1S/C14H22O5S/c1-4-6-8-11(3)14(16)19-13(15)10-12(20(17)18)9-7-5-2/h10H,3-9H2,1-2H3,(H,17,18). The van der Waals surface area contributed by atoms with E-state index in [9.17, 15) is 13.8 Å². The van der Waals surface area contributed by atoms with Crippen LogP contribution in [0.2, 0.25) is 0 Å². The van der Waals surface area contributed by atoms with Crippen LogP contribution in [0.3, 0.4) is 0 Å². The van der Waals surface area contributed by atoms with E-state index in [0.29, 0.717) is 19.3 Å². The molecule has 0 bridgehead atoms. The highest BCUT2D eigenvalue weighted by Gasteiger charge is 2.14. The molecule has 0 heterocycles. The fourth-order valence-electron chi connectivity index (χ4n) is 1.38. The number of rotatable bonds is 9. The summed E-state index contributed by atoms with van der Waals surface area (Å²) < 4.78 is 24.6. The maximum Gasteiger partial charge on any atom is 0.341 e. The molecule has 0 aliphatic heterocycles. The zero-order valence-electron chi connectivity index (χ0n) is 12.0. The van der Waals surface area contributed by atoms with Crippen LogP contribution in [0.25, 0.3) is 0 Å². The van der Waals surface area contributed by atoms with Gasteiger partial charge in [-0.3, -0.25) is 0 Å². The van der Waals surface area contributed by atoms with Gasteiger partial charge in [0.15, 0.2) is 11.1 Å². The van der Waals surface area contributed by atoms with Gasteiger partial charge in [0, 0.05) is 11.6 Å². The van der Waals surface area contributed by atoms with E-state index in [1.807, 2.05) is 13.8 Å². The first-order chi connectivity index (χ1) is 9.42. The summed E-state index contributed by atoms with van der Waals surface area (Å²) >= 11 is -2.23. The summed E-state index contributed by atoms with van der Waals surface area (Å²) in [6, 6.07) is 0. The smallest absolute Gasteiger partial charge is 0.341 e. The van der Waals surface area contributed by atoms with Crippen molar-refractivity contribution in [3.63, 3.8) is 0 Å². The second-order valence-electron chi connectivity index (χ2n) is 4.38. The first kappa shape index (κ1) is 18.7. The molecular weight excluding hydrogens is 280 g/mol. The predicted octanol–water partition coefficient (Wildman–Crippen LogP) is 3.10. The molecule has 0 saturated heterocycles. The zero-order valence-corrected chi connectivity index (χ0v) is 12.8. The lowest BCUT2D eigenvalue weighted by molar-refractivity contribution is -0.153. The monoisotopic (exact) mass is 302 g/mol. The van der Waals surface area contributed by atoms with Crippen LogP contribution in [-0.2, 0) is 25.4 Å². The normalized spacial score (nSPS) is 12.8. The maximum absolute atomic E-state index is 11.5. The zero-order chi connectivity index (χ0) is 15.5. The third-order valence-electron chi connectivity index (χ3n) is 2.59. The highest BCUT2D eigenvalue weighted by molar-refractivity contribution is 7.83. The molecule has 0 aromatic carbocycles. The molecule has 0 fully saturated rings. The molecule has 6 heteroatoms. The maximum atomic E-state index is 11.5. The topological polar surface area (TPSA) is 80.7 Å². The van der Waals surface area contributed by atoms with Gasteiger partial charge in [-0.1, -0.05) is 33.3 Å². The highest BCUT2D eigenvalue weighted by Crippen LogP contribution is 2.12. The molecule has 1 unspecified atom stereocenters. The number of carbonyl (C=O) groups excluding carboxylic acids is 2. The van der Waals surface area contributed by atoms with Gasteiger partial charge in [-0.2, -0.15) is 0 Å². The van der Waals surface area contributed by atoms with Crippen molar-refractivity contribution in [3.8, 4) is 0 Å². The second-order valence-corrected chi connectivity index (χ2v) is 5.40. The van der Waals surface area contributed by atoms with Gasteiger partial charge in [0.1, 0.15) is 0 Å². The Balaban J connectivity index is 4.53. The van der Waals surface area contributed by atoms with E-state index in [0.717, 1.165) is 25.3 Å². The SMILES string of the molecule is C=C(CCCC)C(=O)OC(=O)C=C(CCCC)S(=O)O. The van der Waals surface area contributed by atoms with Crippen LogP contribution in [0.1, 0.15) is 52.4 Å². The minimum absolute atomic E-state index is 0.0591. The van der Waals surface area contributed by atoms with Gasteiger partial charge in [0.05, 0.1) is 4.91 Å². The summed E-state index contributed by atoms with van der Waals surface area (Å²) in [6.45, 7) is 7.46. The van der Waals surface area contributed by atoms with E-state index < -0.39 is 23.0 Å². The summed E-state index contributed by atoms with van der Waals surface area (Å²) in [5, 5.41) is 0. The molecular formula is C14H22O5S. The van der Waals surface area contributed by atoms with Gasteiger partial charge in [-0.05, 0) is 25.7 Å². The van der Waals surface area contributed by atoms with Crippen molar-refractivity contribution in [1.82, 2.24) is 0 Å². The van der Waals surface area contributed by atoms with Crippen LogP contribution < -0.4 is 0 Å². The van der Waals surface area contributed by atoms with Crippen LogP contribution in [0.5, 0.6) is 0 Å². The van der Waals surface area contributed by atoms with E-state index in [2.05, 4.69) is 11.3 Å². The molecule has 114 valence electrons. The largest absolute Gasteiger partial charge is 0.386 e. The van der Waals surface area contributed by atoms with Crippen LogP contribution in [0.15, 0.2) is 23.1 Å². The van der Waals surface area contributed by atoms with E-state index in [1.54, 1.807) is 0 Å². The Kier molecular flexibility index (Phi) is 9.84. The molecule has 0 saturated carbocycles. The van der Waals surface area contributed by atoms with Gasteiger partial charge >= 0.3 is 11.9 Å². The lowest BCUT2D eigenvalue weighted by atomic mass is 10.1. The number of hydrogen-bond acceptors (Lipinski definition) is 4. The molecule has 20 heavy (non-hydrogen) atoms. The minimum Gasteiger partial charge on any atom is -0.386 e. The molecule has 0 aromatic rings. The van der Waals surface area contributed by atoms with Crippen molar-refractivity contribution in [2.75, 3.05) is 0 Å². The number of esters is 2. The van der Waals surface area contributed by atoms with Crippen molar-refractivity contribution in [2.24, 2.45) is 0 Å². The Bertz CT molecular complexity index is 412. The molecule has 1 atom stereocenters. The van der Waals surface area contributed by atoms with Gasteiger partial charge in [-0.25, -0.2) is 13.8 Å². The van der Waals surface area contributed by atoms with Crippen LogP contribution in [0.4, 0.5) is 0 Å². The lowest BCUT2D eigenvalue weighted by Crippen LogP contribution is -2.13. The highest BCUT2D eigenvalue weighted by atomic mass is 32.2. The van der Waals surface area contributed by atoms with Gasteiger partial charge < -0.3 is 9.29 Å². The molecule has 0 aromatic heterocycles. The van der Waals surface area contributed by atoms with Crippen molar-refractivity contribution in [2.45, 2.75) is 52.4 Å². The quantitative estimate of drug-likeness (QED) is 0.306. The summed E-state index contributed by atoms with van der Waals surface area (Å²) in [7, 11) is 0. The Labute approximate surface area is 122 Å². The number of hydrogen-bond donors (Lipinski definition) is 1. The number of unbranched alkanes of at least 4 members (excludes halogenated alkanes) is 2. The summed E-state index contributed by atoms with van der Waals surface area (Å²) in [5.41, 5.74) is 0.230. The fraction of sp³-hybridized carbons (Fsp3) is 0.571. The van der Waals surface area contributed by atoms with Crippen molar-refractivity contribution in [1.29, 1.82) is 0 Å². The Hall–Kier alpha value is -1.27. The van der Waals surface area contributed by atoms with Crippen LogP contribution in [0, 0.1) is 0 Å². The molecule has 5 nitrogen and oxygen atoms in total. The van der Waals surface area contributed by atoms with Crippen molar-refractivity contribution < 1.29 is 23.1 Å². The molecule has 1 N–H and O–H groups in total. The first-order valence-corrected chi connectivity index (χ1v) is 7.78. The Morgan fingerprint density at radius 3 is 2.25 bits per heavy atom. The third-order valence-corrected chi connectivity index (χ3v) is 3.36. The molecule has 0 spiro atoms. The predicted molar refractivity (Wildman–Crippen MR) is 78.1 cm³/mol. The summed E-state index contributed by atoms with van der Waals surface area (Å²) in [6.07, 6.45) is 4.92. The van der Waals surface area contributed by atoms with Crippen LogP contribution >= 0.6 is 0 Å². The van der Waals surface area contributed by atoms with Gasteiger partial charge in [-0.15, -0.1) is 0 Å². The average Bonchev–Trinajstić information content (AvgIpc) is 2.40. The van der Waals surface area contributed by atoms with E-state index in [-0.39, 0.29) is 10.5 Å². The van der Waals surface area contributed by atoms with E-state index in [1.165, 1.54) is 0 Å². The van der Waals surface area contributed by atoms with Crippen LogP contribution in [-0.4, -0.2) is 20.7 Å². The molecule has 0 aliphatic rings. The van der Waals surface area contributed by atoms with Crippen molar-refractivity contribution >= 4 is 23.0 Å². The average molecular weight is 302 g/mol. The van der Waals surface area contributed by atoms with E-state index >= 15 is 0 Å². The Morgan fingerprint density at radius 1 is 1.20 bits per heavy atom. The third kappa shape index (κ3) is 8.01. The lowest BCUT2D eigenvalue weighted by Gasteiger charge is -2.04. The Morgan fingerprint density at radius 2 is 1.75 bits per heavy atom. The molecule has 0 aliphatic carbocycles.